The quantitative estimate of drug-likeness (QED) is 0.465. The number of hydrogen-bond donors (Lipinski definition) is 1. The van der Waals surface area contributed by atoms with Crippen LogP contribution in [0, 0.1) is 6.92 Å². The van der Waals surface area contributed by atoms with Crippen LogP contribution in [-0.4, -0.2) is 25.8 Å². The van der Waals surface area contributed by atoms with Gasteiger partial charge in [-0.2, -0.15) is 5.10 Å². The Hall–Kier alpha value is -3.39. The van der Waals surface area contributed by atoms with E-state index in [4.69, 9.17) is 4.52 Å². The van der Waals surface area contributed by atoms with Crippen LogP contribution in [0.4, 0.5) is 5.69 Å². The van der Waals surface area contributed by atoms with Crippen molar-refractivity contribution in [2.24, 2.45) is 0 Å². The zero-order valence-corrected chi connectivity index (χ0v) is 16.6. The molecule has 29 heavy (non-hydrogen) atoms. The third-order valence-corrected chi connectivity index (χ3v) is 5.30. The Morgan fingerprint density at radius 3 is 2.72 bits per heavy atom. The Balaban J connectivity index is 1.41. The van der Waals surface area contributed by atoms with E-state index in [0.717, 1.165) is 27.6 Å². The third kappa shape index (κ3) is 4.91. The van der Waals surface area contributed by atoms with Crippen molar-refractivity contribution in [3.63, 3.8) is 0 Å². The fraction of sp³-hybridized carbons (Fsp3) is 0.143. The molecule has 0 saturated heterocycles. The maximum Gasteiger partial charge on any atom is 0.256 e. The topological polar surface area (TPSA) is 85.8 Å². The molecular weight excluding hydrogens is 386 g/mol. The lowest BCUT2D eigenvalue weighted by Crippen LogP contribution is -2.13. The van der Waals surface area contributed by atoms with Crippen molar-refractivity contribution in [1.29, 1.82) is 0 Å². The van der Waals surface area contributed by atoms with Crippen molar-refractivity contribution >= 4 is 23.4 Å². The Bertz CT molecular complexity index is 1090. The van der Waals surface area contributed by atoms with Gasteiger partial charge in [0, 0.05) is 16.6 Å². The van der Waals surface area contributed by atoms with Gasteiger partial charge in [-0.15, -0.1) is 11.8 Å². The second-order valence-electron chi connectivity index (χ2n) is 6.46. The lowest BCUT2D eigenvalue weighted by Gasteiger charge is -2.10. The molecule has 0 saturated carbocycles. The van der Waals surface area contributed by atoms with Crippen LogP contribution in [0.5, 0.6) is 0 Å². The van der Waals surface area contributed by atoms with Gasteiger partial charge < -0.3 is 9.84 Å². The number of benzene rings is 2. The second kappa shape index (κ2) is 8.74. The van der Waals surface area contributed by atoms with Gasteiger partial charge in [0.1, 0.15) is 18.4 Å². The summed E-state index contributed by atoms with van der Waals surface area (Å²) in [5.41, 5.74) is 3.29. The van der Waals surface area contributed by atoms with E-state index in [0.29, 0.717) is 17.9 Å². The van der Waals surface area contributed by atoms with Crippen LogP contribution in [0.2, 0.25) is 0 Å². The van der Waals surface area contributed by atoms with Gasteiger partial charge in [-0.1, -0.05) is 29.4 Å². The summed E-state index contributed by atoms with van der Waals surface area (Å²) in [7, 11) is 0. The Kier molecular flexibility index (Phi) is 5.71. The number of nitrogens with one attached hydrogen (secondary N) is 1. The standard InChI is InChI=1S/C21H19N5O2S/c1-15-10-18(28-25-15)12-29-20-5-3-2-4-19(20)21(27)24-17-8-6-16(7-9-17)11-26-14-22-13-23-26/h2-10,13-14H,11-12H2,1H3,(H,24,27). The molecule has 0 unspecified atom stereocenters. The maximum atomic E-state index is 12.8. The van der Waals surface area contributed by atoms with E-state index in [-0.39, 0.29) is 5.91 Å². The number of carbonyl (C=O) groups excluding carboxylic acids is 1. The van der Waals surface area contributed by atoms with Gasteiger partial charge in [-0.3, -0.25) is 4.79 Å². The lowest BCUT2D eigenvalue weighted by atomic mass is 10.2. The molecule has 0 bridgehead atoms. The fourth-order valence-electron chi connectivity index (χ4n) is 2.81. The van der Waals surface area contributed by atoms with Crippen molar-refractivity contribution < 1.29 is 9.32 Å². The number of thioether (sulfide) groups is 1. The van der Waals surface area contributed by atoms with Crippen LogP contribution < -0.4 is 5.32 Å². The number of hydrogen-bond acceptors (Lipinski definition) is 6. The largest absolute Gasteiger partial charge is 0.360 e. The van der Waals surface area contributed by atoms with Gasteiger partial charge in [-0.05, 0) is 36.8 Å². The van der Waals surface area contributed by atoms with Crippen LogP contribution in [0.3, 0.4) is 0 Å². The Morgan fingerprint density at radius 2 is 2.00 bits per heavy atom. The molecule has 0 aliphatic heterocycles. The summed E-state index contributed by atoms with van der Waals surface area (Å²) in [6.45, 7) is 2.52. The molecule has 8 heteroatoms. The lowest BCUT2D eigenvalue weighted by molar-refractivity contribution is 0.102. The van der Waals surface area contributed by atoms with Crippen molar-refractivity contribution in [2.75, 3.05) is 5.32 Å². The molecule has 4 aromatic rings. The molecule has 1 amide bonds. The predicted octanol–water partition coefficient (Wildman–Crippen LogP) is 4.17. The second-order valence-corrected chi connectivity index (χ2v) is 7.48. The molecule has 0 radical (unpaired) electrons. The highest BCUT2D eigenvalue weighted by atomic mass is 32.2. The van der Waals surface area contributed by atoms with Gasteiger partial charge in [0.25, 0.3) is 5.91 Å². The maximum absolute atomic E-state index is 12.8. The Labute approximate surface area is 172 Å². The van der Waals surface area contributed by atoms with Crippen LogP contribution in [-0.2, 0) is 12.3 Å². The molecule has 0 spiro atoms. The fourth-order valence-corrected chi connectivity index (χ4v) is 3.73. The van der Waals surface area contributed by atoms with E-state index in [1.54, 1.807) is 22.8 Å². The number of carbonyl (C=O) groups is 1. The smallest absolute Gasteiger partial charge is 0.256 e. The van der Waals surface area contributed by atoms with Gasteiger partial charge in [-0.25, -0.2) is 9.67 Å². The summed E-state index contributed by atoms with van der Waals surface area (Å²) >= 11 is 1.55. The minimum absolute atomic E-state index is 0.147. The molecular formula is C21H19N5O2S. The molecule has 0 aliphatic carbocycles. The van der Waals surface area contributed by atoms with E-state index in [1.807, 2.05) is 61.5 Å². The molecule has 2 aromatic heterocycles. The average Bonchev–Trinajstić information content (AvgIpc) is 3.40. The molecule has 4 rings (SSSR count). The van der Waals surface area contributed by atoms with Crippen molar-refractivity contribution in [2.45, 2.75) is 24.1 Å². The van der Waals surface area contributed by atoms with Gasteiger partial charge in [0.2, 0.25) is 0 Å². The van der Waals surface area contributed by atoms with Crippen LogP contribution in [0.15, 0.2) is 76.7 Å². The first-order valence-electron chi connectivity index (χ1n) is 9.04. The molecule has 1 N–H and O–H groups in total. The van der Waals surface area contributed by atoms with Crippen molar-refractivity contribution in [1.82, 2.24) is 19.9 Å². The minimum Gasteiger partial charge on any atom is -0.360 e. The monoisotopic (exact) mass is 405 g/mol. The first kappa shape index (κ1) is 18.9. The van der Waals surface area contributed by atoms with Gasteiger partial charge in [0.15, 0.2) is 0 Å². The highest BCUT2D eigenvalue weighted by Crippen LogP contribution is 2.27. The predicted molar refractivity (Wildman–Crippen MR) is 111 cm³/mol. The summed E-state index contributed by atoms with van der Waals surface area (Å²) in [4.78, 5) is 17.6. The van der Waals surface area contributed by atoms with Gasteiger partial charge >= 0.3 is 0 Å². The first-order valence-corrected chi connectivity index (χ1v) is 10.0. The summed E-state index contributed by atoms with van der Waals surface area (Å²) < 4.78 is 7.00. The summed E-state index contributed by atoms with van der Waals surface area (Å²) in [6, 6.07) is 17.1. The minimum atomic E-state index is -0.147. The van der Waals surface area contributed by atoms with Crippen LogP contribution in [0.25, 0.3) is 0 Å². The summed E-state index contributed by atoms with van der Waals surface area (Å²) in [6.07, 6.45) is 3.18. The number of anilines is 1. The zero-order valence-electron chi connectivity index (χ0n) is 15.8. The molecule has 7 nitrogen and oxygen atoms in total. The normalized spacial score (nSPS) is 10.8. The molecule has 0 atom stereocenters. The highest BCUT2D eigenvalue weighted by molar-refractivity contribution is 7.98. The SMILES string of the molecule is Cc1cc(CSc2ccccc2C(=O)Nc2ccc(Cn3cncn3)cc2)on1. The molecule has 0 aliphatic rings. The first-order chi connectivity index (χ1) is 14.2. The third-order valence-electron chi connectivity index (χ3n) is 4.20. The van der Waals surface area contributed by atoms with E-state index in [1.165, 1.54) is 6.33 Å². The van der Waals surface area contributed by atoms with Crippen molar-refractivity contribution in [3.8, 4) is 0 Å². The molecule has 146 valence electrons. The molecule has 0 fully saturated rings. The van der Waals surface area contributed by atoms with Gasteiger partial charge in [0.05, 0.1) is 23.6 Å². The van der Waals surface area contributed by atoms with Crippen LogP contribution in [0.1, 0.15) is 27.4 Å². The van der Waals surface area contributed by atoms with Crippen LogP contribution >= 0.6 is 11.8 Å². The number of amides is 1. The number of aryl methyl sites for hydroxylation is 1. The van der Waals surface area contributed by atoms with E-state index in [2.05, 4.69) is 20.6 Å². The number of aromatic nitrogens is 4. The Morgan fingerprint density at radius 1 is 1.17 bits per heavy atom. The average molecular weight is 405 g/mol. The van der Waals surface area contributed by atoms with E-state index < -0.39 is 0 Å². The zero-order chi connectivity index (χ0) is 20.1. The van der Waals surface area contributed by atoms with Crippen molar-refractivity contribution in [3.05, 3.63) is 89.8 Å². The highest BCUT2D eigenvalue weighted by Gasteiger charge is 2.13. The molecule has 2 heterocycles. The number of rotatable bonds is 7. The summed E-state index contributed by atoms with van der Waals surface area (Å²) in [5, 5.41) is 11.0. The van der Waals surface area contributed by atoms with E-state index >= 15 is 0 Å². The van der Waals surface area contributed by atoms with E-state index in [9.17, 15) is 4.79 Å². The molecule has 2 aromatic carbocycles. The number of nitrogens with zero attached hydrogens (tertiary/aromatic N) is 4. The summed E-state index contributed by atoms with van der Waals surface area (Å²) in [5.74, 6) is 1.25.